The van der Waals surface area contributed by atoms with Gasteiger partial charge in [-0.3, -0.25) is 0 Å². The fourth-order valence-electron chi connectivity index (χ4n) is 3.31. The molecule has 0 aliphatic heterocycles. The van der Waals surface area contributed by atoms with E-state index in [9.17, 15) is 74.6 Å². The molecule has 2 nitrogen and oxygen atoms in total. The summed E-state index contributed by atoms with van der Waals surface area (Å²) in [5.74, 6) is -57.2. The quantitative estimate of drug-likeness (QED) is 0.200. The number of hydrogen-bond donors (Lipinski definition) is 0. The van der Waals surface area contributed by atoms with E-state index in [1.807, 2.05) is 0 Å². The summed E-state index contributed by atoms with van der Waals surface area (Å²) in [6, 6.07) is 4.22. The van der Waals surface area contributed by atoms with Crippen LogP contribution in [0.3, 0.4) is 0 Å². The van der Waals surface area contributed by atoms with Gasteiger partial charge in [0.1, 0.15) is 5.75 Å². The molecule has 0 N–H and O–H groups in total. The van der Waals surface area contributed by atoms with Crippen LogP contribution in [-0.4, -0.2) is 60.8 Å². The first-order chi connectivity index (χ1) is 18.0. The fraction of sp³-hybridized carbons (Fsp3) is 0.727. The molecule has 0 amide bonds. The Balaban J connectivity index is 3.71. The second-order valence-corrected chi connectivity index (χ2v) is 9.09. The molecule has 1 aromatic carbocycles. The van der Waals surface area contributed by atoms with E-state index in [4.69, 9.17) is 9.47 Å². The molecule has 41 heavy (non-hydrogen) atoms. The number of rotatable bonds is 13. The second-order valence-electron chi connectivity index (χ2n) is 9.09. The van der Waals surface area contributed by atoms with Crippen LogP contribution in [0.25, 0.3) is 0 Å². The lowest BCUT2D eigenvalue weighted by atomic mass is 9.82. The van der Waals surface area contributed by atoms with Gasteiger partial charge in [0.2, 0.25) is 0 Å². The van der Waals surface area contributed by atoms with Crippen LogP contribution in [0.2, 0.25) is 0 Å². The van der Waals surface area contributed by atoms with E-state index in [1.165, 1.54) is 13.0 Å². The average Bonchev–Trinajstić information content (AvgIpc) is 2.82. The van der Waals surface area contributed by atoms with E-state index < -0.39 is 71.3 Å². The number of methoxy groups -OCH3 is 1. The summed E-state index contributed by atoms with van der Waals surface area (Å²) in [7, 11) is 0.537. The summed E-state index contributed by atoms with van der Waals surface area (Å²) in [6.45, 7) is 3.52. The molecular formula is C22H21F17O2. The van der Waals surface area contributed by atoms with Crippen molar-refractivity contribution in [2.45, 2.75) is 93.0 Å². The molecule has 0 radical (unpaired) electrons. The minimum Gasteiger partial charge on any atom is -0.490 e. The van der Waals surface area contributed by atoms with Crippen molar-refractivity contribution >= 4 is 0 Å². The third kappa shape index (κ3) is 5.62. The molecule has 1 aromatic rings. The predicted octanol–water partition coefficient (Wildman–Crippen LogP) is 9.12. The Labute approximate surface area is 220 Å². The van der Waals surface area contributed by atoms with E-state index in [0.717, 1.165) is 18.2 Å². The monoisotopic (exact) mass is 640 g/mol. The van der Waals surface area contributed by atoms with Gasteiger partial charge in [-0.2, -0.15) is 74.6 Å². The standard InChI is InChI=1S/C22H21F17O2/c1-5-11(2)41-13-9-7-6-8-12(13)14(3,40-4)10-15(23,24)16(25,26)17(27,28)18(29,30)19(31,32)20(33,34)21(35,36)22(37,38)39/h6-9,11H,5,10H2,1-4H3. The molecule has 0 aliphatic rings. The topological polar surface area (TPSA) is 18.5 Å². The average molecular weight is 640 g/mol. The number of halogens is 17. The molecule has 0 saturated heterocycles. The van der Waals surface area contributed by atoms with Gasteiger partial charge in [0.15, 0.2) is 0 Å². The van der Waals surface area contributed by atoms with Gasteiger partial charge in [-0.15, -0.1) is 0 Å². The predicted molar refractivity (Wildman–Crippen MR) is 106 cm³/mol. The highest BCUT2D eigenvalue weighted by atomic mass is 19.4. The van der Waals surface area contributed by atoms with E-state index in [0.29, 0.717) is 14.0 Å². The summed E-state index contributed by atoms with van der Waals surface area (Å²) >= 11 is 0. The maximum absolute atomic E-state index is 14.7. The number of benzene rings is 1. The van der Waals surface area contributed by atoms with Crippen molar-refractivity contribution in [3.8, 4) is 5.75 Å². The van der Waals surface area contributed by atoms with Crippen LogP contribution in [0.15, 0.2) is 24.3 Å². The van der Waals surface area contributed by atoms with Gasteiger partial charge < -0.3 is 9.47 Å². The molecule has 0 bridgehead atoms. The molecule has 240 valence electrons. The Kier molecular flexibility index (Phi) is 9.71. The van der Waals surface area contributed by atoms with Gasteiger partial charge in [-0.25, -0.2) is 0 Å². The minimum absolute atomic E-state index is 0.264. The summed E-state index contributed by atoms with van der Waals surface area (Å²) in [6.07, 6.45) is -11.0. The SMILES string of the molecule is CCC(C)Oc1ccccc1C(C)(CC(F)(F)C(F)(F)C(F)(F)C(F)(F)C(F)(F)C(F)(F)C(F)(F)C(F)(F)F)OC. The Morgan fingerprint density at radius 2 is 1.02 bits per heavy atom. The number of alkyl halides is 17. The van der Waals surface area contributed by atoms with E-state index in [-0.39, 0.29) is 12.2 Å². The molecule has 0 saturated carbocycles. The molecular weight excluding hydrogens is 619 g/mol. The number of para-hydroxylation sites is 1. The highest BCUT2D eigenvalue weighted by Gasteiger charge is 2.95. The van der Waals surface area contributed by atoms with Crippen LogP contribution >= 0.6 is 0 Å². The van der Waals surface area contributed by atoms with Crippen LogP contribution in [0, 0.1) is 0 Å². The molecule has 1 rings (SSSR count). The Bertz CT molecular complexity index is 1050. The molecule has 0 aliphatic carbocycles. The van der Waals surface area contributed by atoms with E-state index >= 15 is 0 Å². The molecule has 19 heteroatoms. The Hall–Kier alpha value is -2.21. The van der Waals surface area contributed by atoms with Crippen LogP contribution in [0.1, 0.15) is 39.2 Å². The third-order valence-corrected chi connectivity index (χ3v) is 6.16. The zero-order valence-electron chi connectivity index (χ0n) is 21.0. The normalized spacial score (nSPS) is 17.3. The van der Waals surface area contributed by atoms with Crippen LogP contribution in [0.4, 0.5) is 74.6 Å². The van der Waals surface area contributed by atoms with Gasteiger partial charge in [0.05, 0.1) is 18.1 Å². The zero-order valence-corrected chi connectivity index (χ0v) is 21.0. The highest BCUT2D eigenvalue weighted by molar-refractivity contribution is 5.38. The summed E-state index contributed by atoms with van der Waals surface area (Å²) in [5.41, 5.74) is -3.51. The van der Waals surface area contributed by atoms with Crippen molar-refractivity contribution in [3.05, 3.63) is 29.8 Å². The van der Waals surface area contributed by atoms with Crippen molar-refractivity contribution in [2.24, 2.45) is 0 Å². The van der Waals surface area contributed by atoms with Crippen molar-refractivity contribution in [1.29, 1.82) is 0 Å². The summed E-state index contributed by atoms with van der Waals surface area (Å²) in [4.78, 5) is 0. The number of ether oxygens (including phenoxy) is 2. The summed E-state index contributed by atoms with van der Waals surface area (Å²) in [5, 5.41) is 0. The Morgan fingerprint density at radius 1 is 0.634 bits per heavy atom. The number of hydrogen-bond acceptors (Lipinski definition) is 2. The van der Waals surface area contributed by atoms with Gasteiger partial charge >= 0.3 is 47.6 Å². The van der Waals surface area contributed by atoms with Crippen molar-refractivity contribution in [1.82, 2.24) is 0 Å². The lowest BCUT2D eigenvalue weighted by Gasteiger charge is -2.44. The first kappa shape index (κ1) is 36.8. The first-order valence-corrected chi connectivity index (χ1v) is 11.0. The molecule has 0 heterocycles. The molecule has 0 spiro atoms. The molecule has 2 atom stereocenters. The Morgan fingerprint density at radius 3 is 1.41 bits per heavy atom. The van der Waals surface area contributed by atoms with Crippen molar-refractivity contribution < 1.29 is 84.1 Å². The van der Waals surface area contributed by atoms with Gasteiger partial charge in [0.25, 0.3) is 0 Å². The van der Waals surface area contributed by atoms with Gasteiger partial charge in [-0.1, -0.05) is 25.1 Å². The molecule has 0 aromatic heterocycles. The maximum Gasteiger partial charge on any atom is 0.460 e. The lowest BCUT2D eigenvalue weighted by molar-refractivity contribution is -0.462. The van der Waals surface area contributed by atoms with Gasteiger partial charge in [0, 0.05) is 12.7 Å². The third-order valence-electron chi connectivity index (χ3n) is 6.16. The van der Waals surface area contributed by atoms with E-state index in [2.05, 4.69) is 0 Å². The van der Waals surface area contributed by atoms with Crippen molar-refractivity contribution in [3.63, 3.8) is 0 Å². The summed E-state index contributed by atoms with van der Waals surface area (Å²) < 4.78 is 241. The van der Waals surface area contributed by atoms with Crippen LogP contribution in [-0.2, 0) is 10.3 Å². The van der Waals surface area contributed by atoms with Gasteiger partial charge in [-0.05, 0) is 26.3 Å². The molecule has 0 fully saturated rings. The first-order valence-electron chi connectivity index (χ1n) is 11.0. The molecule has 2 unspecified atom stereocenters. The smallest absolute Gasteiger partial charge is 0.460 e. The van der Waals surface area contributed by atoms with Crippen molar-refractivity contribution in [2.75, 3.05) is 7.11 Å². The largest absolute Gasteiger partial charge is 0.490 e. The lowest BCUT2D eigenvalue weighted by Crippen LogP contribution is -2.74. The van der Waals surface area contributed by atoms with Crippen LogP contribution in [0.5, 0.6) is 5.75 Å². The zero-order chi connectivity index (χ0) is 32.9. The second kappa shape index (κ2) is 10.8. The van der Waals surface area contributed by atoms with E-state index in [1.54, 1.807) is 6.92 Å². The minimum atomic E-state index is -8.68. The highest BCUT2D eigenvalue weighted by Crippen LogP contribution is 2.64. The maximum atomic E-state index is 14.7. The fourth-order valence-corrected chi connectivity index (χ4v) is 3.31. The van der Waals surface area contributed by atoms with Crippen LogP contribution < -0.4 is 4.74 Å².